The molecule has 0 saturated heterocycles. The highest BCUT2D eigenvalue weighted by Gasteiger charge is 2.32. The highest BCUT2D eigenvalue weighted by atomic mass is 127. The minimum absolute atomic E-state index is 0.497. The summed E-state index contributed by atoms with van der Waals surface area (Å²) in [5, 5.41) is 9.29. The zero-order chi connectivity index (χ0) is 49.6. The smallest absolute Gasteiger partial charge is 0.171 e. The van der Waals surface area contributed by atoms with Gasteiger partial charge in [0.2, 0.25) is 0 Å². The summed E-state index contributed by atoms with van der Waals surface area (Å²) in [4.78, 5) is 14.5. The molecule has 17 heteroatoms. The lowest BCUT2D eigenvalue weighted by Crippen LogP contribution is -2.33. The second kappa shape index (κ2) is 23.7. The van der Waals surface area contributed by atoms with E-state index in [1.807, 2.05) is 27.5 Å². The number of nitrogens with zero attached hydrogens (tertiary/aromatic N) is 8. The number of aromatic nitrogens is 6. The van der Waals surface area contributed by atoms with Crippen molar-refractivity contribution in [1.29, 1.82) is 0 Å². The van der Waals surface area contributed by atoms with Gasteiger partial charge in [-0.25, -0.2) is 9.97 Å². The van der Waals surface area contributed by atoms with Gasteiger partial charge in [0, 0.05) is 76.9 Å². The summed E-state index contributed by atoms with van der Waals surface area (Å²) in [5.74, 6) is 5.10. The molecule has 2 saturated carbocycles. The molecule has 0 aromatic carbocycles. The van der Waals surface area contributed by atoms with Crippen molar-refractivity contribution in [2.24, 2.45) is 23.7 Å². The molecule has 4 aliphatic rings. The van der Waals surface area contributed by atoms with Crippen molar-refractivity contribution < 1.29 is 18.9 Å². The average Bonchev–Trinajstić information content (AvgIpc) is 4.06. The summed E-state index contributed by atoms with van der Waals surface area (Å²) >= 11 is 2.35. The lowest BCUT2D eigenvalue weighted by atomic mass is 9.88. The number of hydrogen-bond donors (Lipinski definition) is 0. The first kappa shape index (κ1) is 54.5. The molecule has 4 atom stereocenters. The maximum Gasteiger partial charge on any atom is 0.171 e. The fourth-order valence-corrected chi connectivity index (χ4v) is 13.3. The summed E-state index contributed by atoms with van der Waals surface area (Å²) in [6, 6.07) is 11.1. The lowest BCUT2D eigenvalue weighted by molar-refractivity contribution is 0.0940. The van der Waals surface area contributed by atoms with Crippen molar-refractivity contribution in [3.05, 3.63) is 57.7 Å². The molecular formula is C52H87IN8O4Si4. The Morgan fingerprint density at radius 2 is 0.986 bits per heavy atom. The van der Waals surface area contributed by atoms with Crippen molar-refractivity contribution in [2.75, 3.05) is 63.2 Å². The molecule has 0 amide bonds. The molecule has 382 valence electrons. The number of ether oxygens (including phenoxy) is 4. The molecule has 4 aromatic heterocycles. The van der Waals surface area contributed by atoms with Crippen molar-refractivity contribution in [1.82, 2.24) is 29.2 Å². The van der Waals surface area contributed by atoms with Gasteiger partial charge in [0.05, 0.1) is 27.4 Å². The van der Waals surface area contributed by atoms with E-state index in [0.717, 1.165) is 125 Å². The van der Waals surface area contributed by atoms with Gasteiger partial charge >= 0.3 is 0 Å². The molecule has 0 unspecified atom stereocenters. The second-order valence-corrected chi connectivity index (χ2v) is 49.1. The number of rotatable bonds is 24. The van der Waals surface area contributed by atoms with Gasteiger partial charge in [-0.3, -0.25) is 0 Å². The van der Waals surface area contributed by atoms with Crippen LogP contribution in [0.4, 0.5) is 11.6 Å². The maximum atomic E-state index is 6.22. The molecular weight excluding hydrogens is 1040 g/mol. The van der Waals surface area contributed by atoms with Gasteiger partial charge in [-0.2, -0.15) is 19.2 Å². The van der Waals surface area contributed by atoms with Gasteiger partial charge in [-0.1, -0.05) is 90.7 Å². The SMILES string of the molecule is C[Si](C)(C)CCOCN(COCC[Si](C)(C)C)c1cc(C2=C[C@@H]3CC[C@H](C2)C3)nc2c(I)cnn12.C[Si](C)(C)CCOCN(COCC[Si](C)(C)C)c1cc(C2=C[C@@H]3CC[C@H](C2)C3)nc2ccnn12. The Morgan fingerprint density at radius 1 is 0.565 bits per heavy atom. The van der Waals surface area contributed by atoms with Crippen molar-refractivity contribution >= 4 is 89.0 Å². The number of allylic oxidation sites excluding steroid dienone is 4. The molecule has 4 aromatic rings. The Labute approximate surface area is 433 Å². The predicted octanol–water partition coefficient (Wildman–Crippen LogP) is 13.3. The van der Waals surface area contributed by atoms with Crippen LogP contribution in [-0.2, 0) is 18.9 Å². The van der Waals surface area contributed by atoms with Crippen LogP contribution in [0.2, 0.25) is 103 Å². The quantitative estimate of drug-likeness (QED) is 0.0292. The van der Waals surface area contributed by atoms with E-state index in [1.54, 1.807) is 0 Å². The van der Waals surface area contributed by atoms with Crippen LogP contribution in [0.25, 0.3) is 22.4 Å². The third-order valence-corrected chi connectivity index (χ3v) is 21.7. The van der Waals surface area contributed by atoms with Crippen LogP contribution in [-0.4, -0.2) is 115 Å². The van der Waals surface area contributed by atoms with Gasteiger partial charge < -0.3 is 28.7 Å². The highest BCUT2D eigenvalue weighted by Crippen LogP contribution is 2.45. The molecule has 0 radical (unpaired) electrons. The van der Waals surface area contributed by atoms with E-state index in [0.29, 0.717) is 26.9 Å². The van der Waals surface area contributed by atoms with Gasteiger partial charge in [0.1, 0.15) is 38.6 Å². The van der Waals surface area contributed by atoms with Gasteiger partial charge in [0.25, 0.3) is 0 Å². The third kappa shape index (κ3) is 16.6. The molecule has 0 spiro atoms. The second-order valence-electron chi connectivity index (χ2n) is 25.5. The molecule has 8 rings (SSSR count). The van der Waals surface area contributed by atoms with Crippen LogP contribution < -0.4 is 9.80 Å². The maximum absolute atomic E-state index is 6.22. The van der Waals surface area contributed by atoms with Crippen molar-refractivity contribution in [2.45, 2.75) is 154 Å². The van der Waals surface area contributed by atoms with E-state index in [2.05, 4.69) is 140 Å². The van der Waals surface area contributed by atoms with Gasteiger partial charge in [0.15, 0.2) is 11.3 Å². The summed E-state index contributed by atoms with van der Waals surface area (Å²) in [5.41, 5.74) is 6.81. The molecule has 2 fully saturated rings. The normalized spacial score (nSPS) is 20.6. The van der Waals surface area contributed by atoms with E-state index in [4.69, 9.17) is 34.0 Å². The van der Waals surface area contributed by atoms with E-state index >= 15 is 0 Å². The molecule has 12 nitrogen and oxygen atoms in total. The monoisotopic (exact) mass is 1130 g/mol. The average molecular weight is 1130 g/mol. The molecule has 4 aliphatic carbocycles. The van der Waals surface area contributed by atoms with E-state index in [9.17, 15) is 0 Å². The Balaban J connectivity index is 0.000000204. The van der Waals surface area contributed by atoms with E-state index < -0.39 is 32.3 Å². The molecule has 69 heavy (non-hydrogen) atoms. The van der Waals surface area contributed by atoms with Crippen molar-refractivity contribution in [3.63, 3.8) is 0 Å². The lowest BCUT2D eigenvalue weighted by Gasteiger charge is -2.27. The zero-order valence-corrected chi connectivity index (χ0v) is 50.7. The Kier molecular flexibility index (Phi) is 18.8. The van der Waals surface area contributed by atoms with Crippen LogP contribution in [0, 0.1) is 27.2 Å². The first-order chi connectivity index (χ1) is 32.6. The molecule has 4 heterocycles. The standard InChI is InChI=1S/C26H43IN4O2Si2.C26H44N4O2Si2/c1-34(2,3)11-9-32-18-30(19-33-10-12-35(4,5)6)25-16-24(29-26-23(27)17-28-31(25)26)22-14-20-7-8-21(13-20)15-22;1-33(2,3)13-11-31-19-29(20-32-12-14-34(4,5)6)26-18-24(28-25-9-10-27-30(25)26)23-16-21-7-8-22(15-21)17-23/h14,16-17,20-21H,7-13,15,18-19H2,1-6H3;9-10,16,18,21-22H,7-8,11-15,17,19-20H2,1-6H3/t20-,21+;21-,22+/m11/s1. The highest BCUT2D eigenvalue weighted by molar-refractivity contribution is 14.1. The first-order valence-electron chi connectivity index (χ1n) is 26.2. The fourth-order valence-electron chi connectivity index (χ4n) is 9.76. The number of fused-ring (bicyclic) bond motifs is 6. The Morgan fingerprint density at radius 3 is 1.41 bits per heavy atom. The Bertz CT molecular complexity index is 2320. The van der Waals surface area contributed by atoms with Crippen LogP contribution >= 0.6 is 22.6 Å². The largest absolute Gasteiger partial charge is 0.361 e. The summed E-state index contributed by atoms with van der Waals surface area (Å²) in [6.45, 7) is 33.8. The van der Waals surface area contributed by atoms with Crippen LogP contribution in [0.1, 0.15) is 62.8 Å². The van der Waals surface area contributed by atoms with E-state index in [1.165, 1.54) is 49.7 Å². The van der Waals surface area contributed by atoms with Gasteiger partial charge in [-0.15, -0.1) is 0 Å². The van der Waals surface area contributed by atoms with Crippen LogP contribution in [0.15, 0.2) is 42.7 Å². The summed E-state index contributed by atoms with van der Waals surface area (Å²) in [7, 11) is -4.57. The summed E-state index contributed by atoms with van der Waals surface area (Å²) in [6.07, 6.45) is 19.1. The zero-order valence-electron chi connectivity index (χ0n) is 44.6. The molecule has 0 N–H and O–H groups in total. The fraction of sp³-hybridized carbons (Fsp3) is 0.692. The van der Waals surface area contributed by atoms with Crippen molar-refractivity contribution in [3.8, 4) is 0 Å². The van der Waals surface area contributed by atoms with Crippen LogP contribution in [0.5, 0.6) is 0 Å². The number of halogens is 1. The predicted molar refractivity (Wildman–Crippen MR) is 306 cm³/mol. The minimum atomic E-state index is -1.15. The third-order valence-electron chi connectivity index (χ3n) is 14.1. The van der Waals surface area contributed by atoms with E-state index in [-0.39, 0.29) is 0 Å². The first-order valence-corrected chi connectivity index (χ1v) is 42.1. The number of anilines is 2. The molecule has 0 aliphatic heterocycles. The molecule has 4 bridgehead atoms. The van der Waals surface area contributed by atoms with Crippen LogP contribution in [0.3, 0.4) is 0 Å². The minimum Gasteiger partial charge on any atom is -0.361 e. The summed E-state index contributed by atoms with van der Waals surface area (Å²) < 4.78 is 29.8. The van der Waals surface area contributed by atoms with Gasteiger partial charge in [-0.05, 0) is 133 Å². The Hall–Kier alpha value is -2.24. The topological polar surface area (TPSA) is 104 Å². The number of hydrogen-bond acceptors (Lipinski definition) is 10.